The molecule has 7 nitrogen and oxygen atoms in total. The smallest absolute Gasteiger partial charge is 0.220 e. The van der Waals surface area contributed by atoms with Gasteiger partial charge in [-0.15, -0.1) is 24.0 Å². The molecular weight excluding hydrogens is 431 g/mol. The summed E-state index contributed by atoms with van der Waals surface area (Å²) in [7, 11) is 0. The number of carbonyl (C=O) groups excluding carboxylic acids is 1. The predicted octanol–water partition coefficient (Wildman–Crippen LogP) is 1.46. The first-order valence-electron chi connectivity index (χ1n) is 8.49. The molecule has 0 spiro atoms. The second-order valence-corrected chi connectivity index (χ2v) is 6.63. The van der Waals surface area contributed by atoms with Crippen molar-refractivity contribution in [3.8, 4) is 0 Å². The Morgan fingerprint density at radius 1 is 1.40 bits per heavy atom. The quantitative estimate of drug-likeness (QED) is 0.338. The van der Waals surface area contributed by atoms with E-state index >= 15 is 0 Å². The third-order valence-electron chi connectivity index (χ3n) is 4.18. The number of guanidine groups is 1. The van der Waals surface area contributed by atoms with E-state index in [-0.39, 0.29) is 35.8 Å². The van der Waals surface area contributed by atoms with Crippen LogP contribution in [0.5, 0.6) is 0 Å². The molecule has 1 aliphatic heterocycles. The first kappa shape index (κ1) is 21.5. The van der Waals surface area contributed by atoms with Crippen LogP contribution in [0.15, 0.2) is 23.3 Å². The molecular formula is C17H29IN6O. The maximum absolute atomic E-state index is 11.3. The van der Waals surface area contributed by atoms with Gasteiger partial charge < -0.3 is 21.7 Å². The topological polar surface area (TPSA) is 110 Å². The summed E-state index contributed by atoms with van der Waals surface area (Å²) in [5.41, 5.74) is 12.3. The van der Waals surface area contributed by atoms with Crippen molar-refractivity contribution in [2.24, 2.45) is 28.3 Å². The fraction of sp³-hybridized carbons (Fsp3) is 0.588. The lowest BCUT2D eigenvalue weighted by Crippen LogP contribution is -2.39. The molecule has 0 bridgehead atoms. The lowest BCUT2D eigenvalue weighted by Gasteiger charge is -2.32. The number of aliphatic imine (C=N–C) groups is 1. The van der Waals surface area contributed by atoms with Gasteiger partial charge in [0.25, 0.3) is 0 Å². The summed E-state index contributed by atoms with van der Waals surface area (Å²) in [5, 5.41) is 3.11. The summed E-state index contributed by atoms with van der Waals surface area (Å²) in [6.45, 7) is 7.08. The Labute approximate surface area is 166 Å². The number of nitrogens with one attached hydrogen (secondary N) is 1. The maximum atomic E-state index is 11.3. The van der Waals surface area contributed by atoms with Crippen molar-refractivity contribution in [3.63, 3.8) is 0 Å². The molecule has 0 radical (unpaired) electrons. The largest absolute Gasteiger partial charge is 0.370 e. The monoisotopic (exact) mass is 460 g/mol. The van der Waals surface area contributed by atoms with Crippen LogP contribution in [0.2, 0.25) is 0 Å². The number of aromatic nitrogens is 1. The van der Waals surface area contributed by atoms with Gasteiger partial charge in [0.15, 0.2) is 5.96 Å². The molecule has 1 saturated heterocycles. The van der Waals surface area contributed by atoms with Gasteiger partial charge in [0.05, 0.1) is 6.54 Å². The van der Waals surface area contributed by atoms with E-state index in [1.54, 1.807) is 6.20 Å². The number of piperidine rings is 1. The Kier molecular flexibility index (Phi) is 8.95. The Bertz CT molecular complexity index is 584. The lowest BCUT2D eigenvalue weighted by molar-refractivity contribution is -0.122. The summed E-state index contributed by atoms with van der Waals surface area (Å²) in [6.07, 6.45) is 3.32. The van der Waals surface area contributed by atoms with Crippen LogP contribution in [0.25, 0.3) is 0 Å². The van der Waals surface area contributed by atoms with Crippen LogP contribution >= 0.6 is 24.0 Å². The van der Waals surface area contributed by atoms with Crippen molar-refractivity contribution in [1.29, 1.82) is 0 Å². The molecule has 0 unspecified atom stereocenters. The number of carbonyl (C=O) groups is 1. The molecule has 0 atom stereocenters. The average molecular weight is 460 g/mol. The number of amides is 1. The minimum atomic E-state index is -0.204. The Balaban J connectivity index is 0.00000312. The second-order valence-electron chi connectivity index (χ2n) is 6.63. The molecule has 1 amide bonds. The first-order chi connectivity index (χ1) is 11.5. The number of primary amides is 1. The van der Waals surface area contributed by atoms with Crippen LogP contribution in [0.1, 0.15) is 32.3 Å². The SMILES string of the molecule is CC(C)CNC(N)=NCc1cccnc1N1CCC(C(N)=O)CC1.I. The molecule has 1 aromatic rings. The van der Waals surface area contributed by atoms with Crippen molar-refractivity contribution in [2.75, 3.05) is 24.5 Å². The van der Waals surface area contributed by atoms with Crippen molar-refractivity contribution < 1.29 is 4.79 Å². The number of anilines is 1. The minimum Gasteiger partial charge on any atom is -0.370 e. The predicted molar refractivity (Wildman–Crippen MR) is 112 cm³/mol. The molecule has 2 rings (SSSR count). The van der Waals surface area contributed by atoms with Gasteiger partial charge in [-0.1, -0.05) is 19.9 Å². The number of rotatable bonds is 6. The van der Waals surface area contributed by atoms with Crippen LogP contribution in [-0.2, 0) is 11.3 Å². The van der Waals surface area contributed by atoms with Gasteiger partial charge in [0, 0.05) is 37.3 Å². The molecule has 140 valence electrons. The van der Waals surface area contributed by atoms with E-state index in [0.29, 0.717) is 18.4 Å². The molecule has 1 aromatic heterocycles. The third kappa shape index (κ3) is 6.68. The van der Waals surface area contributed by atoms with Crippen molar-refractivity contribution in [1.82, 2.24) is 10.3 Å². The molecule has 0 saturated carbocycles. The summed E-state index contributed by atoms with van der Waals surface area (Å²) in [4.78, 5) is 22.4. The molecule has 2 heterocycles. The first-order valence-corrected chi connectivity index (χ1v) is 8.49. The average Bonchev–Trinajstić information content (AvgIpc) is 2.58. The Morgan fingerprint density at radius 2 is 2.08 bits per heavy atom. The van der Waals surface area contributed by atoms with Gasteiger partial charge in [-0.25, -0.2) is 9.98 Å². The van der Waals surface area contributed by atoms with E-state index in [0.717, 1.165) is 43.9 Å². The normalized spacial score (nSPS) is 15.8. The highest BCUT2D eigenvalue weighted by Gasteiger charge is 2.24. The third-order valence-corrected chi connectivity index (χ3v) is 4.18. The highest BCUT2D eigenvalue weighted by Crippen LogP contribution is 2.24. The summed E-state index contributed by atoms with van der Waals surface area (Å²) in [5.74, 6) is 1.65. The van der Waals surface area contributed by atoms with E-state index in [4.69, 9.17) is 11.5 Å². The zero-order valence-corrected chi connectivity index (χ0v) is 17.3. The van der Waals surface area contributed by atoms with E-state index in [9.17, 15) is 4.79 Å². The van der Waals surface area contributed by atoms with Gasteiger partial charge >= 0.3 is 0 Å². The van der Waals surface area contributed by atoms with Crippen molar-refractivity contribution in [2.45, 2.75) is 33.2 Å². The molecule has 8 heteroatoms. The maximum Gasteiger partial charge on any atom is 0.220 e. The van der Waals surface area contributed by atoms with E-state index < -0.39 is 0 Å². The van der Waals surface area contributed by atoms with Crippen LogP contribution in [0.4, 0.5) is 5.82 Å². The summed E-state index contributed by atoms with van der Waals surface area (Å²) < 4.78 is 0. The standard InChI is InChI=1S/C17H28N6O.HI/c1-12(2)10-21-17(19)22-11-14-4-3-7-20-16(14)23-8-5-13(6-9-23)15(18)24;/h3-4,7,12-13H,5-6,8-11H2,1-2H3,(H2,18,24)(H3,19,21,22);1H. The van der Waals surface area contributed by atoms with Gasteiger partial charge in [-0.3, -0.25) is 4.79 Å². The molecule has 25 heavy (non-hydrogen) atoms. The van der Waals surface area contributed by atoms with Gasteiger partial charge in [0.2, 0.25) is 5.91 Å². The van der Waals surface area contributed by atoms with E-state index in [1.165, 1.54) is 0 Å². The zero-order valence-electron chi connectivity index (χ0n) is 14.9. The fourth-order valence-corrected chi connectivity index (χ4v) is 2.75. The van der Waals surface area contributed by atoms with Crippen molar-refractivity contribution in [3.05, 3.63) is 23.9 Å². The molecule has 1 fully saturated rings. The Hall–Kier alpha value is -1.58. The number of hydrogen-bond acceptors (Lipinski definition) is 4. The molecule has 5 N–H and O–H groups in total. The summed E-state index contributed by atoms with van der Waals surface area (Å²) >= 11 is 0. The molecule has 1 aliphatic rings. The number of pyridine rings is 1. The van der Waals surface area contributed by atoms with Gasteiger partial charge in [-0.05, 0) is 24.8 Å². The highest BCUT2D eigenvalue weighted by atomic mass is 127. The number of halogens is 1. The fourth-order valence-electron chi connectivity index (χ4n) is 2.75. The number of nitrogens with zero attached hydrogens (tertiary/aromatic N) is 3. The zero-order chi connectivity index (χ0) is 17.5. The van der Waals surface area contributed by atoms with Crippen LogP contribution < -0.4 is 21.7 Å². The highest BCUT2D eigenvalue weighted by molar-refractivity contribution is 14.0. The minimum absolute atomic E-state index is 0. The number of nitrogens with two attached hydrogens (primary N) is 2. The van der Waals surface area contributed by atoms with Crippen LogP contribution in [-0.4, -0.2) is 36.5 Å². The Morgan fingerprint density at radius 3 is 2.68 bits per heavy atom. The van der Waals surface area contributed by atoms with E-state index in [2.05, 4.69) is 34.0 Å². The van der Waals surface area contributed by atoms with Crippen LogP contribution in [0, 0.1) is 11.8 Å². The summed E-state index contributed by atoms with van der Waals surface area (Å²) in [6, 6.07) is 3.92. The van der Waals surface area contributed by atoms with Gasteiger partial charge in [-0.2, -0.15) is 0 Å². The van der Waals surface area contributed by atoms with Gasteiger partial charge in [0.1, 0.15) is 5.82 Å². The van der Waals surface area contributed by atoms with Crippen LogP contribution in [0.3, 0.4) is 0 Å². The molecule has 0 aliphatic carbocycles. The number of hydrogen-bond donors (Lipinski definition) is 3. The van der Waals surface area contributed by atoms with E-state index in [1.807, 2.05) is 12.1 Å². The lowest BCUT2D eigenvalue weighted by atomic mass is 9.96. The second kappa shape index (κ2) is 10.4. The molecule has 0 aromatic carbocycles. The van der Waals surface area contributed by atoms with Crippen molar-refractivity contribution >= 4 is 41.7 Å².